The van der Waals surface area contributed by atoms with Crippen molar-refractivity contribution >= 4 is 11.6 Å². The molecular formula is C14H22ClNO. The molecule has 0 unspecified atom stereocenters. The smallest absolute Gasteiger partial charge is 0.122 e. The van der Waals surface area contributed by atoms with Crippen LogP contribution >= 0.6 is 11.6 Å². The summed E-state index contributed by atoms with van der Waals surface area (Å²) in [6.07, 6.45) is 1.01. The predicted molar refractivity (Wildman–Crippen MR) is 74.2 cm³/mol. The zero-order chi connectivity index (χ0) is 12.8. The topological polar surface area (TPSA) is 21.3 Å². The van der Waals surface area contributed by atoms with Gasteiger partial charge in [0.2, 0.25) is 0 Å². The number of alkyl halides is 1. The number of methoxy groups -OCH3 is 1. The fourth-order valence-electron chi connectivity index (χ4n) is 1.99. The largest absolute Gasteiger partial charge is 0.496 e. The molecule has 0 amide bonds. The van der Waals surface area contributed by atoms with Gasteiger partial charge in [-0.2, -0.15) is 0 Å². The molecule has 96 valence electrons. The highest BCUT2D eigenvalue weighted by molar-refractivity contribution is 6.17. The second kappa shape index (κ2) is 6.87. The van der Waals surface area contributed by atoms with Gasteiger partial charge in [-0.1, -0.05) is 0 Å². The zero-order valence-corrected chi connectivity index (χ0v) is 11.9. The minimum Gasteiger partial charge on any atom is -0.496 e. The van der Waals surface area contributed by atoms with Crippen LogP contribution in [-0.4, -0.2) is 19.5 Å². The molecule has 0 radical (unpaired) electrons. The summed E-state index contributed by atoms with van der Waals surface area (Å²) in [5, 5.41) is 3.42. The minimum absolute atomic E-state index is 0.715. The van der Waals surface area contributed by atoms with Crippen molar-refractivity contribution in [1.29, 1.82) is 0 Å². The Morgan fingerprint density at radius 1 is 1.24 bits per heavy atom. The first-order chi connectivity index (χ1) is 8.11. The zero-order valence-electron chi connectivity index (χ0n) is 11.2. The standard InChI is InChI=1S/C14H22ClNO/c1-10-8-14(17-4)12(3)11(2)13(10)9-16-7-5-6-15/h8,16H,5-7,9H2,1-4H3. The number of nitrogens with one attached hydrogen (secondary N) is 1. The molecule has 1 rings (SSSR count). The summed E-state index contributed by atoms with van der Waals surface area (Å²) >= 11 is 5.65. The molecule has 0 aliphatic rings. The van der Waals surface area contributed by atoms with Crippen LogP contribution in [0.15, 0.2) is 6.07 Å². The number of aryl methyl sites for hydroxylation is 1. The van der Waals surface area contributed by atoms with E-state index in [9.17, 15) is 0 Å². The van der Waals surface area contributed by atoms with Gasteiger partial charge in [-0.05, 0) is 62.1 Å². The van der Waals surface area contributed by atoms with Crippen molar-refractivity contribution in [3.05, 3.63) is 28.3 Å². The average Bonchev–Trinajstić information content (AvgIpc) is 2.32. The molecule has 2 nitrogen and oxygen atoms in total. The second-order valence-corrected chi connectivity index (χ2v) is 4.72. The van der Waals surface area contributed by atoms with Gasteiger partial charge >= 0.3 is 0 Å². The van der Waals surface area contributed by atoms with Crippen molar-refractivity contribution in [2.45, 2.75) is 33.7 Å². The lowest BCUT2D eigenvalue weighted by Gasteiger charge is -2.16. The molecular weight excluding hydrogens is 234 g/mol. The fraction of sp³-hybridized carbons (Fsp3) is 0.571. The summed E-state index contributed by atoms with van der Waals surface area (Å²) in [6, 6.07) is 2.11. The number of hydrogen-bond donors (Lipinski definition) is 1. The molecule has 0 spiro atoms. The highest BCUT2D eigenvalue weighted by atomic mass is 35.5. The highest BCUT2D eigenvalue weighted by Crippen LogP contribution is 2.27. The van der Waals surface area contributed by atoms with E-state index in [-0.39, 0.29) is 0 Å². The molecule has 1 aromatic carbocycles. The first-order valence-corrected chi connectivity index (χ1v) is 6.55. The lowest BCUT2D eigenvalue weighted by Crippen LogP contribution is -2.17. The summed E-state index contributed by atoms with van der Waals surface area (Å²) in [5.41, 5.74) is 5.20. The van der Waals surface area contributed by atoms with E-state index < -0.39 is 0 Å². The lowest BCUT2D eigenvalue weighted by molar-refractivity contribution is 0.410. The maximum absolute atomic E-state index is 5.65. The van der Waals surface area contributed by atoms with Crippen LogP contribution in [0.2, 0.25) is 0 Å². The van der Waals surface area contributed by atoms with Gasteiger partial charge in [0.1, 0.15) is 5.75 Å². The Balaban J connectivity index is 2.81. The van der Waals surface area contributed by atoms with Gasteiger partial charge in [-0.3, -0.25) is 0 Å². The van der Waals surface area contributed by atoms with Gasteiger partial charge in [0.25, 0.3) is 0 Å². The van der Waals surface area contributed by atoms with Crippen LogP contribution in [0.25, 0.3) is 0 Å². The molecule has 17 heavy (non-hydrogen) atoms. The Labute approximate surface area is 109 Å². The van der Waals surface area contributed by atoms with E-state index in [0.717, 1.165) is 25.3 Å². The SMILES string of the molecule is COc1cc(C)c(CNCCCCl)c(C)c1C. The van der Waals surface area contributed by atoms with E-state index in [0.29, 0.717) is 5.88 Å². The highest BCUT2D eigenvalue weighted by Gasteiger charge is 2.09. The van der Waals surface area contributed by atoms with E-state index in [2.05, 4.69) is 32.2 Å². The molecule has 0 heterocycles. The summed E-state index contributed by atoms with van der Waals surface area (Å²) < 4.78 is 5.37. The van der Waals surface area contributed by atoms with Crippen LogP contribution in [0.1, 0.15) is 28.7 Å². The summed E-state index contributed by atoms with van der Waals surface area (Å²) in [7, 11) is 1.72. The normalized spacial score (nSPS) is 10.6. The van der Waals surface area contributed by atoms with Crippen molar-refractivity contribution in [1.82, 2.24) is 5.32 Å². The Kier molecular flexibility index (Phi) is 5.79. The quantitative estimate of drug-likeness (QED) is 0.622. The molecule has 0 fully saturated rings. The van der Waals surface area contributed by atoms with Crippen molar-refractivity contribution in [2.24, 2.45) is 0 Å². The van der Waals surface area contributed by atoms with Gasteiger partial charge in [0.15, 0.2) is 0 Å². The van der Waals surface area contributed by atoms with Crippen LogP contribution in [0.4, 0.5) is 0 Å². The van der Waals surface area contributed by atoms with Crippen molar-refractivity contribution < 1.29 is 4.74 Å². The van der Waals surface area contributed by atoms with E-state index in [1.54, 1.807) is 7.11 Å². The molecule has 1 N–H and O–H groups in total. The number of benzene rings is 1. The van der Waals surface area contributed by atoms with Gasteiger partial charge in [-0.15, -0.1) is 11.6 Å². The van der Waals surface area contributed by atoms with Gasteiger partial charge in [-0.25, -0.2) is 0 Å². The van der Waals surface area contributed by atoms with Crippen LogP contribution in [0.5, 0.6) is 5.75 Å². The molecule has 0 saturated heterocycles. The summed E-state index contributed by atoms with van der Waals surface area (Å²) in [6.45, 7) is 8.26. The molecule has 3 heteroatoms. The Hall–Kier alpha value is -0.730. The molecule has 0 aliphatic carbocycles. The fourth-order valence-corrected chi connectivity index (χ4v) is 2.12. The third-order valence-corrected chi connectivity index (χ3v) is 3.48. The first kappa shape index (κ1) is 14.3. The third-order valence-electron chi connectivity index (χ3n) is 3.22. The maximum Gasteiger partial charge on any atom is 0.122 e. The van der Waals surface area contributed by atoms with Crippen LogP contribution < -0.4 is 10.1 Å². The van der Waals surface area contributed by atoms with E-state index >= 15 is 0 Å². The Morgan fingerprint density at radius 2 is 1.94 bits per heavy atom. The van der Waals surface area contributed by atoms with Crippen LogP contribution in [0.3, 0.4) is 0 Å². The predicted octanol–water partition coefficient (Wildman–Crippen LogP) is 3.34. The van der Waals surface area contributed by atoms with E-state index in [1.165, 1.54) is 22.3 Å². The lowest BCUT2D eigenvalue weighted by atomic mass is 9.97. The number of rotatable bonds is 6. The van der Waals surface area contributed by atoms with E-state index in [4.69, 9.17) is 16.3 Å². The number of ether oxygens (including phenoxy) is 1. The Bertz CT molecular complexity index is 377. The molecule has 0 aliphatic heterocycles. The van der Waals surface area contributed by atoms with Crippen molar-refractivity contribution in [3.63, 3.8) is 0 Å². The summed E-state index contributed by atoms with van der Waals surface area (Å²) in [5.74, 6) is 1.69. The van der Waals surface area contributed by atoms with Crippen LogP contribution in [0, 0.1) is 20.8 Å². The molecule has 0 bridgehead atoms. The minimum atomic E-state index is 0.715. The second-order valence-electron chi connectivity index (χ2n) is 4.34. The first-order valence-electron chi connectivity index (χ1n) is 6.02. The molecule has 1 aromatic rings. The van der Waals surface area contributed by atoms with Gasteiger partial charge < -0.3 is 10.1 Å². The molecule has 0 aromatic heterocycles. The van der Waals surface area contributed by atoms with Gasteiger partial charge in [0, 0.05) is 12.4 Å². The molecule has 0 atom stereocenters. The molecule has 0 saturated carbocycles. The van der Waals surface area contributed by atoms with E-state index in [1.807, 2.05) is 0 Å². The number of hydrogen-bond acceptors (Lipinski definition) is 2. The average molecular weight is 256 g/mol. The van der Waals surface area contributed by atoms with Crippen LogP contribution in [-0.2, 0) is 6.54 Å². The van der Waals surface area contributed by atoms with Crippen molar-refractivity contribution in [3.8, 4) is 5.75 Å². The number of halogens is 1. The maximum atomic E-state index is 5.65. The monoisotopic (exact) mass is 255 g/mol. The Morgan fingerprint density at radius 3 is 2.53 bits per heavy atom. The van der Waals surface area contributed by atoms with Crippen molar-refractivity contribution in [2.75, 3.05) is 19.5 Å². The third kappa shape index (κ3) is 3.62. The van der Waals surface area contributed by atoms with Gasteiger partial charge in [0.05, 0.1) is 7.11 Å². The summed E-state index contributed by atoms with van der Waals surface area (Å²) in [4.78, 5) is 0.